The van der Waals surface area contributed by atoms with Crippen molar-refractivity contribution < 1.29 is 13.2 Å². The third-order valence-corrected chi connectivity index (χ3v) is 3.20. The van der Waals surface area contributed by atoms with Crippen LogP contribution < -0.4 is 5.32 Å². The van der Waals surface area contributed by atoms with Crippen LogP contribution in [-0.4, -0.2) is 13.2 Å². The standard InChI is InChI=1S/C16H16F3N/c1-20-15(11-16(17,18)19)14-9-7-13(8-10-14)12-5-3-2-4-6-12/h2-10,15,20H,11H2,1H3. The SMILES string of the molecule is CNC(CC(F)(F)F)c1ccc(-c2ccccc2)cc1. The summed E-state index contributed by atoms with van der Waals surface area (Å²) in [4.78, 5) is 0. The summed E-state index contributed by atoms with van der Waals surface area (Å²) in [6.07, 6.45) is -5.04. The Kier molecular flexibility index (Phi) is 4.45. The first-order valence-electron chi connectivity index (χ1n) is 6.39. The van der Waals surface area contributed by atoms with E-state index in [2.05, 4.69) is 5.32 Å². The molecule has 1 N–H and O–H groups in total. The highest BCUT2D eigenvalue weighted by atomic mass is 19.4. The van der Waals surface area contributed by atoms with E-state index in [9.17, 15) is 13.2 Å². The molecule has 0 spiro atoms. The molecule has 0 amide bonds. The van der Waals surface area contributed by atoms with Gasteiger partial charge in [-0.3, -0.25) is 0 Å². The second-order valence-electron chi connectivity index (χ2n) is 4.65. The molecule has 2 aromatic carbocycles. The van der Waals surface area contributed by atoms with Crippen molar-refractivity contribution in [2.24, 2.45) is 0 Å². The Hall–Kier alpha value is -1.81. The fourth-order valence-corrected chi connectivity index (χ4v) is 2.16. The van der Waals surface area contributed by atoms with Gasteiger partial charge in [0.1, 0.15) is 0 Å². The first-order chi connectivity index (χ1) is 9.49. The lowest BCUT2D eigenvalue weighted by Crippen LogP contribution is -2.23. The highest BCUT2D eigenvalue weighted by Crippen LogP contribution is 2.30. The summed E-state index contributed by atoms with van der Waals surface area (Å²) in [6.45, 7) is 0. The Morgan fingerprint density at radius 1 is 0.900 bits per heavy atom. The van der Waals surface area contributed by atoms with E-state index >= 15 is 0 Å². The van der Waals surface area contributed by atoms with Crippen molar-refractivity contribution in [3.63, 3.8) is 0 Å². The second kappa shape index (κ2) is 6.09. The molecule has 0 aliphatic heterocycles. The second-order valence-corrected chi connectivity index (χ2v) is 4.65. The molecule has 0 saturated carbocycles. The summed E-state index contributed by atoms with van der Waals surface area (Å²) in [7, 11) is 1.54. The van der Waals surface area contributed by atoms with Gasteiger partial charge < -0.3 is 5.32 Å². The molecule has 2 rings (SSSR count). The minimum absolute atomic E-state index is 0.643. The number of nitrogens with one attached hydrogen (secondary N) is 1. The van der Waals surface area contributed by atoms with Crippen LogP contribution in [-0.2, 0) is 0 Å². The zero-order chi connectivity index (χ0) is 14.6. The topological polar surface area (TPSA) is 12.0 Å². The molecule has 0 bridgehead atoms. The van der Waals surface area contributed by atoms with E-state index in [1.54, 1.807) is 19.2 Å². The fraction of sp³-hybridized carbons (Fsp3) is 0.250. The van der Waals surface area contributed by atoms with Gasteiger partial charge in [-0.05, 0) is 23.7 Å². The van der Waals surface area contributed by atoms with Crippen LogP contribution >= 0.6 is 0 Å². The first kappa shape index (κ1) is 14.6. The van der Waals surface area contributed by atoms with Crippen LogP contribution in [0.5, 0.6) is 0 Å². The maximum absolute atomic E-state index is 12.5. The zero-order valence-corrected chi connectivity index (χ0v) is 11.1. The van der Waals surface area contributed by atoms with E-state index in [-0.39, 0.29) is 0 Å². The summed E-state index contributed by atoms with van der Waals surface area (Å²) in [6, 6.07) is 16.2. The van der Waals surface area contributed by atoms with E-state index in [1.807, 2.05) is 42.5 Å². The summed E-state index contributed by atoms with van der Waals surface area (Å²) in [5, 5.41) is 2.71. The van der Waals surface area contributed by atoms with Crippen molar-refractivity contribution in [2.75, 3.05) is 7.05 Å². The van der Waals surface area contributed by atoms with Crippen molar-refractivity contribution in [1.29, 1.82) is 0 Å². The zero-order valence-electron chi connectivity index (χ0n) is 11.1. The van der Waals surface area contributed by atoms with Gasteiger partial charge in [0.2, 0.25) is 0 Å². The quantitative estimate of drug-likeness (QED) is 0.864. The number of rotatable bonds is 4. The Labute approximate surface area is 116 Å². The van der Waals surface area contributed by atoms with Crippen LogP contribution in [0, 0.1) is 0 Å². The van der Waals surface area contributed by atoms with Gasteiger partial charge >= 0.3 is 6.18 Å². The van der Waals surface area contributed by atoms with Gasteiger partial charge in [0.15, 0.2) is 0 Å². The van der Waals surface area contributed by atoms with Crippen molar-refractivity contribution in [3.8, 4) is 11.1 Å². The molecule has 0 aromatic heterocycles. The highest BCUT2D eigenvalue weighted by molar-refractivity contribution is 5.63. The molecular formula is C16H16F3N. The molecule has 0 radical (unpaired) electrons. The van der Waals surface area contributed by atoms with E-state index in [4.69, 9.17) is 0 Å². The molecule has 0 fully saturated rings. The lowest BCUT2D eigenvalue weighted by atomic mass is 9.99. The lowest BCUT2D eigenvalue weighted by molar-refractivity contribution is -0.140. The number of halogens is 3. The van der Waals surface area contributed by atoms with Gasteiger partial charge in [-0.25, -0.2) is 0 Å². The highest BCUT2D eigenvalue weighted by Gasteiger charge is 2.31. The first-order valence-corrected chi connectivity index (χ1v) is 6.39. The predicted molar refractivity (Wildman–Crippen MR) is 74.4 cm³/mol. The molecule has 0 saturated heterocycles. The van der Waals surface area contributed by atoms with Gasteiger partial charge in [0.25, 0.3) is 0 Å². The Bertz CT molecular complexity index is 532. The summed E-state index contributed by atoms with van der Waals surface area (Å²) in [5.74, 6) is 0. The number of benzene rings is 2. The third-order valence-electron chi connectivity index (χ3n) is 3.20. The van der Waals surface area contributed by atoms with Crippen molar-refractivity contribution >= 4 is 0 Å². The molecule has 0 aliphatic rings. The molecular weight excluding hydrogens is 263 g/mol. The van der Waals surface area contributed by atoms with Crippen LogP contribution in [0.15, 0.2) is 54.6 Å². The predicted octanol–water partition coefficient (Wildman–Crippen LogP) is 4.57. The molecule has 0 heterocycles. The maximum atomic E-state index is 12.5. The number of hydrogen-bond acceptors (Lipinski definition) is 1. The molecule has 1 unspecified atom stereocenters. The minimum atomic E-state index is -4.17. The largest absolute Gasteiger partial charge is 0.390 e. The molecule has 4 heteroatoms. The van der Waals surface area contributed by atoms with Gasteiger partial charge in [0.05, 0.1) is 6.42 Å². The molecule has 2 aromatic rings. The van der Waals surface area contributed by atoms with Crippen LogP contribution in [0.25, 0.3) is 11.1 Å². The van der Waals surface area contributed by atoms with E-state index in [0.29, 0.717) is 5.56 Å². The summed E-state index contributed by atoms with van der Waals surface area (Å²) in [5.41, 5.74) is 2.69. The number of alkyl halides is 3. The van der Waals surface area contributed by atoms with Crippen LogP contribution in [0.3, 0.4) is 0 Å². The van der Waals surface area contributed by atoms with Crippen molar-refractivity contribution in [3.05, 3.63) is 60.2 Å². The summed E-state index contributed by atoms with van der Waals surface area (Å²) < 4.78 is 37.4. The average molecular weight is 279 g/mol. The minimum Gasteiger partial charge on any atom is -0.313 e. The van der Waals surface area contributed by atoms with Gasteiger partial charge in [-0.15, -0.1) is 0 Å². The number of hydrogen-bond donors (Lipinski definition) is 1. The van der Waals surface area contributed by atoms with E-state index < -0.39 is 18.6 Å². The smallest absolute Gasteiger partial charge is 0.313 e. The molecule has 20 heavy (non-hydrogen) atoms. The van der Waals surface area contributed by atoms with Crippen LogP contribution in [0.1, 0.15) is 18.0 Å². The van der Waals surface area contributed by atoms with Crippen molar-refractivity contribution in [2.45, 2.75) is 18.6 Å². The average Bonchev–Trinajstić information content (AvgIpc) is 2.45. The van der Waals surface area contributed by atoms with E-state index in [0.717, 1.165) is 11.1 Å². The summed E-state index contributed by atoms with van der Waals surface area (Å²) >= 11 is 0. The molecule has 0 aliphatic carbocycles. The van der Waals surface area contributed by atoms with Crippen LogP contribution in [0.4, 0.5) is 13.2 Å². The van der Waals surface area contributed by atoms with Crippen LogP contribution in [0.2, 0.25) is 0 Å². The monoisotopic (exact) mass is 279 g/mol. The normalized spacial score (nSPS) is 13.2. The third kappa shape index (κ3) is 3.84. The maximum Gasteiger partial charge on any atom is 0.390 e. The Morgan fingerprint density at radius 2 is 1.45 bits per heavy atom. The lowest BCUT2D eigenvalue weighted by Gasteiger charge is -2.18. The molecule has 1 nitrogen and oxygen atoms in total. The van der Waals surface area contributed by atoms with E-state index in [1.165, 1.54) is 0 Å². The van der Waals surface area contributed by atoms with Gasteiger partial charge in [-0.1, -0.05) is 54.6 Å². The molecule has 106 valence electrons. The molecule has 1 atom stereocenters. The van der Waals surface area contributed by atoms with Gasteiger partial charge in [0, 0.05) is 6.04 Å². The Morgan fingerprint density at radius 3 is 1.95 bits per heavy atom. The van der Waals surface area contributed by atoms with Crippen molar-refractivity contribution in [1.82, 2.24) is 5.32 Å². The fourth-order valence-electron chi connectivity index (χ4n) is 2.16. The Balaban J connectivity index is 2.19. The van der Waals surface area contributed by atoms with Gasteiger partial charge in [-0.2, -0.15) is 13.2 Å².